The molecule has 0 aromatic carbocycles. The van der Waals surface area contributed by atoms with Crippen LogP contribution in [0.5, 0.6) is 11.8 Å². The van der Waals surface area contributed by atoms with Gasteiger partial charge in [0.05, 0.1) is 20.8 Å². The van der Waals surface area contributed by atoms with Crippen LogP contribution in [-0.4, -0.2) is 93.5 Å². The van der Waals surface area contributed by atoms with Gasteiger partial charge >= 0.3 is 0 Å². The molecule has 5 rings (SSSR count). The van der Waals surface area contributed by atoms with E-state index in [1.165, 1.54) is 48.7 Å². The topological polar surface area (TPSA) is 176 Å². The van der Waals surface area contributed by atoms with Crippen LogP contribution in [-0.2, 0) is 10.6 Å². The van der Waals surface area contributed by atoms with Gasteiger partial charge in [0.1, 0.15) is 37.5 Å². The van der Waals surface area contributed by atoms with Crippen LogP contribution in [0.1, 0.15) is 0 Å². The van der Waals surface area contributed by atoms with Gasteiger partial charge in [-0.3, -0.25) is 9.13 Å². The van der Waals surface area contributed by atoms with Gasteiger partial charge in [-0.05, 0) is 0 Å². The third-order valence-electron chi connectivity index (χ3n) is 5.27. The van der Waals surface area contributed by atoms with Gasteiger partial charge in [0.2, 0.25) is 11.8 Å². The molecule has 162 valence electrons. The maximum atomic E-state index is 11.2. The summed E-state index contributed by atoms with van der Waals surface area (Å²) in [6.07, 6.45) is 1.15. The Morgan fingerprint density at radius 1 is 0.903 bits per heavy atom. The van der Waals surface area contributed by atoms with Crippen molar-refractivity contribution in [2.24, 2.45) is 0 Å². The Bertz CT molecular complexity index is 1180. The van der Waals surface area contributed by atoms with Crippen molar-refractivity contribution in [3.63, 3.8) is 0 Å². The first-order chi connectivity index (χ1) is 15.1. The zero-order chi connectivity index (χ0) is 21.8. The van der Waals surface area contributed by atoms with Crippen LogP contribution in [0, 0.1) is 0 Å². The number of fused-ring (bicyclic) bond motifs is 2. The molecule has 4 aromatic rings. The van der Waals surface area contributed by atoms with Gasteiger partial charge in [-0.1, -0.05) is 0 Å². The van der Waals surface area contributed by atoms with E-state index in [9.17, 15) is 15.3 Å². The number of aliphatic hydroxyl groups excluding tert-OH is 3. The molecule has 14 nitrogen and oxygen atoms in total. The average Bonchev–Trinajstić information content (AvgIpc) is 3.49. The molecule has 0 spiro atoms. The first-order valence-electron chi connectivity index (χ1n) is 9.16. The maximum absolute atomic E-state index is 11.2. The van der Waals surface area contributed by atoms with Crippen LogP contribution >= 0.6 is 0 Å². The van der Waals surface area contributed by atoms with Crippen molar-refractivity contribution in [1.29, 1.82) is 0 Å². The summed E-state index contributed by atoms with van der Waals surface area (Å²) in [7, 11) is 2.88. The van der Waals surface area contributed by atoms with Crippen molar-refractivity contribution in [3.8, 4) is 11.8 Å². The zero-order valence-electron chi connectivity index (χ0n) is 16.4. The number of hydrogen-bond donors (Lipinski definition) is 3. The van der Waals surface area contributed by atoms with E-state index in [-0.39, 0.29) is 23.1 Å². The van der Waals surface area contributed by atoms with Gasteiger partial charge < -0.3 is 29.5 Å². The summed E-state index contributed by atoms with van der Waals surface area (Å²) in [4.78, 5) is 25.2. The van der Waals surface area contributed by atoms with Gasteiger partial charge in [0.25, 0.3) is 5.85 Å². The molecule has 1 fully saturated rings. The summed E-state index contributed by atoms with van der Waals surface area (Å²) >= 11 is 0. The summed E-state index contributed by atoms with van der Waals surface area (Å²) in [5.74, 6) is -1.43. The molecular weight excluding hydrogens is 412 g/mol. The molecular formula is C17H18N8O6. The molecule has 0 saturated carbocycles. The number of aliphatic hydroxyl groups is 3. The lowest BCUT2D eigenvalue weighted by molar-refractivity contribution is -0.163. The molecule has 0 unspecified atom stereocenters. The normalized spacial score (nSPS) is 22.9. The van der Waals surface area contributed by atoms with Crippen molar-refractivity contribution < 1.29 is 29.5 Å². The molecule has 5 heterocycles. The average molecular weight is 430 g/mol. The monoisotopic (exact) mass is 430 g/mol. The smallest absolute Gasteiger partial charge is 0.264 e. The lowest BCUT2D eigenvalue weighted by Gasteiger charge is -2.34. The number of aromatic nitrogens is 8. The molecule has 0 radical (unpaired) electrons. The Kier molecular flexibility index (Phi) is 4.44. The largest absolute Gasteiger partial charge is 0.479 e. The van der Waals surface area contributed by atoms with Crippen molar-refractivity contribution >= 4 is 22.3 Å². The standard InChI is InChI=1S/C17H18N8O6/c1-29-15-9-13(18-4-20-15)24(6-22-9)17(12(28)11(27)8(3-26)31-17)25-7-23-10-14(25)19-5-21-16(10)30-2/h4-8,11-12,26-28H,3H2,1-2H3/t8-,11-,12-/m1/s1. The van der Waals surface area contributed by atoms with Gasteiger partial charge in [-0.15, -0.1) is 0 Å². The highest BCUT2D eigenvalue weighted by molar-refractivity contribution is 5.78. The summed E-state index contributed by atoms with van der Waals surface area (Å²) in [5.41, 5.74) is 1.11. The van der Waals surface area contributed by atoms with E-state index >= 15 is 0 Å². The highest BCUT2D eigenvalue weighted by Gasteiger charge is 2.58. The first-order valence-corrected chi connectivity index (χ1v) is 9.16. The lowest BCUT2D eigenvalue weighted by atomic mass is 10.1. The molecule has 4 aromatic heterocycles. The van der Waals surface area contributed by atoms with Crippen molar-refractivity contribution in [2.45, 2.75) is 24.2 Å². The van der Waals surface area contributed by atoms with E-state index in [0.717, 1.165) is 0 Å². The minimum absolute atomic E-state index is 0.213. The maximum Gasteiger partial charge on any atom is 0.264 e. The number of hydrogen-bond acceptors (Lipinski definition) is 12. The lowest BCUT2D eigenvalue weighted by Crippen LogP contribution is -2.51. The van der Waals surface area contributed by atoms with Gasteiger partial charge in [0.15, 0.2) is 28.4 Å². The van der Waals surface area contributed by atoms with E-state index in [4.69, 9.17) is 14.2 Å². The number of imidazole rings is 2. The van der Waals surface area contributed by atoms with Crippen LogP contribution < -0.4 is 9.47 Å². The number of ether oxygens (including phenoxy) is 3. The summed E-state index contributed by atoms with van der Waals surface area (Å²) in [6.45, 7) is -0.546. The molecule has 14 heteroatoms. The van der Waals surface area contributed by atoms with Crippen molar-refractivity contribution in [3.05, 3.63) is 25.3 Å². The van der Waals surface area contributed by atoms with Crippen LogP contribution in [0.15, 0.2) is 25.3 Å². The fourth-order valence-corrected chi connectivity index (χ4v) is 3.84. The van der Waals surface area contributed by atoms with Crippen molar-refractivity contribution in [2.75, 3.05) is 20.8 Å². The van der Waals surface area contributed by atoms with Crippen LogP contribution in [0.3, 0.4) is 0 Å². The van der Waals surface area contributed by atoms with E-state index in [1.54, 1.807) is 0 Å². The predicted molar refractivity (Wildman–Crippen MR) is 101 cm³/mol. The fraction of sp³-hybridized carbons (Fsp3) is 0.412. The second kappa shape index (κ2) is 7.05. The Hall–Kier alpha value is -3.46. The zero-order valence-corrected chi connectivity index (χ0v) is 16.4. The predicted octanol–water partition coefficient (Wildman–Crippen LogP) is -1.75. The Morgan fingerprint density at radius 3 is 1.84 bits per heavy atom. The van der Waals surface area contributed by atoms with Crippen LogP contribution in [0.2, 0.25) is 0 Å². The van der Waals surface area contributed by atoms with Gasteiger partial charge in [-0.2, -0.15) is 9.97 Å². The number of rotatable bonds is 5. The molecule has 0 bridgehead atoms. The Labute approximate surface area is 173 Å². The van der Waals surface area contributed by atoms with E-state index in [1.807, 2.05) is 0 Å². The molecule has 1 saturated heterocycles. The van der Waals surface area contributed by atoms with E-state index in [0.29, 0.717) is 11.0 Å². The van der Waals surface area contributed by atoms with Crippen LogP contribution in [0.25, 0.3) is 22.3 Å². The van der Waals surface area contributed by atoms with E-state index < -0.39 is 30.8 Å². The molecule has 3 atom stereocenters. The summed E-state index contributed by atoms with van der Waals surface area (Å²) < 4.78 is 19.4. The Balaban J connectivity index is 1.84. The minimum atomic E-state index is -1.85. The number of nitrogens with zero attached hydrogens (tertiary/aromatic N) is 8. The quantitative estimate of drug-likeness (QED) is 0.326. The molecule has 31 heavy (non-hydrogen) atoms. The second-order valence-corrected chi connectivity index (χ2v) is 6.77. The molecule has 3 N–H and O–H groups in total. The highest BCUT2D eigenvalue weighted by atomic mass is 16.6. The van der Waals surface area contributed by atoms with E-state index in [2.05, 4.69) is 29.9 Å². The summed E-state index contributed by atoms with van der Waals surface area (Å²) in [5, 5.41) is 31.5. The molecule has 1 aliphatic heterocycles. The molecule has 1 aliphatic rings. The molecule has 0 aliphatic carbocycles. The van der Waals surface area contributed by atoms with Gasteiger partial charge in [0, 0.05) is 0 Å². The first kappa shape index (κ1) is 19.5. The third kappa shape index (κ3) is 2.53. The number of methoxy groups -OCH3 is 2. The molecule has 0 amide bonds. The fourth-order valence-electron chi connectivity index (χ4n) is 3.84. The Morgan fingerprint density at radius 2 is 1.42 bits per heavy atom. The van der Waals surface area contributed by atoms with Gasteiger partial charge in [-0.25, -0.2) is 19.9 Å². The summed E-state index contributed by atoms with van der Waals surface area (Å²) in [6, 6.07) is 0. The highest BCUT2D eigenvalue weighted by Crippen LogP contribution is 2.41. The SMILES string of the molecule is COc1ncnc2c1ncn2C1(n2cnc3c(OC)ncnc32)O[C@H](CO)[C@@H](O)[C@H]1O. The minimum Gasteiger partial charge on any atom is -0.479 e. The van der Waals surface area contributed by atoms with Crippen LogP contribution in [0.4, 0.5) is 0 Å². The van der Waals surface area contributed by atoms with Crippen molar-refractivity contribution in [1.82, 2.24) is 39.0 Å². The third-order valence-corrected chi connectivity index (χ3v) is 5.27. The second-order valence-electron chi connectivity index (χ2n) is 6.77.